The van der Waals surface area contributed by atoms with Crippen LogP contribution in [0.2, 0.25) is 0 Å². The van der Waals surface area contributed by atoms with Crippen LogP contribution >= 0.6 is 11.3 Å². The van der Waals surface area contributed by atoms with Gasteiger partial charge < -0.3 is 10.6 Å². The molecular formula is C18H15F7N6S. The lowest BCUT2D eigenvalue weighted by Gasteiger charge is -2.35. The maximum Gasteiger partial charge on any atom is 0.434 e. The molecular weight excluding hydrogens is 465 g/mol. The third-order valence-electron chi connectivity index (χ3n) is 4.60. The van der Waals surface area contributed by atoms with Crippen molar-refractivity contribution in [1.29, 1.82) is 0 Å². The number of nitrogens with one attached hydrogen (secondary N) is 2. The molecule has 2 aliphatic carbocycles. The first-order valence-electron chi connectivity index (χ1n) is 9.26. The third-order valence-corrected chi connectivity index (χ3v) is 5.44. The minimum atomic E-state index is -4.68. The first-order chi connectivity index (χ1) is 14.8. The average molecular weight is 480 g/mol. The Kier molecular flexibility index (Phi) is 5.38. The zero-order chi connectivity index (χ0) is 23.3. The molecule has 6 nitrogen and oxygen atoms in total. The van der Waals surface area contributed by atoms with Gasteiger partial charge in [-0.2, -0.15) is 28.1 Å². The first-order valence-corrected chi connectivity index (χ1v) is 10.1. The number of hydrogen-bond acceptors (Lipinski definition) is 7. The number of alkyl halides is 6. The van der Waals surface area contributed by atoms with Crippen molar-refractivity contribution in [2.75, 3.05) is 10.6 Å². The van der Waals surface area contributed by atoms with Gasteiger partial charge in [0.25, 0.3) is 5.92 Å². The van der Waals surface area contributed by atoms with E-state index in [4.69, 9.17) is 0 Å². The smallest absolute Gasteiger partial charge is 0.351 e. The predicted molar refractivity (Wildman–Crippen MR) is 103 cm³/mol. The Balaban J connectivity index is 1.65. The second-order valence-corrected chi connectivity index (χ2v) is 8.58. The highest BCUT2D eigenvalue weighted by Crippen LogP contribution is 2.39. The molecule has 1 unspecified atom stereocenters. The van der Waals surface area contributed by atoms with Gasteiger partial charge in [0.2, 0.25) is 11.9 Å². The van der Waals surface area contributed by atoms with Crippen LogP contribution in [-0.4, -0.2) is 37.6 Å². The summed E-state index contributed by atoms with van der Waals surface area (Å²) in [6, 6.07) is -0.654. The molecule has 0 spiro atoms. The van der Waals surface area contributed by atoms with E-state index < -0.39 is 48.2 Å². The van der Waals surface area contributed by atoms with Gasteiger partial charge >= 0.3 is 6.18 Å². The number of thiazole rings is 1. The number of rotatable bonds is 5. The summed E-state index contributed by atoms with van der Waals surface area (Å²) in [5.74, 6) is -4.33. The molecule has 0 saturated heterocycles. The maximum atomic E-state index is 14.3. The highest BCUT2D eigenvalue weighted by Gasteiger charge is 2.45. The molecule has 2 heterocycles. The Morgan fingerprint density at radius 2 is 1.75 bits per heavy atom. The summed E-state index contributed by atoms with van der Waals surface area (Å²) in [5.41, 5.74) is -3.05. The summed E-state index contributed by atoms with van der Waals surface area (Å²) in [7, 11) is 0. The van der Waals surface area contributed by atoms with Crippen molar-refractivity contribution < 1.29 is 30.7 Å². The SMILES string of the molecule is CC1(F)C=C(F)C=C(Nc2nc(NC3CC(F)(F)C3)nc(-c3nc(C(F)(F)F)cs3)n2)C1. The van der Waals surface area contributed by atoms with E-state index in [0.717, 1.165) is 24.5 Å². The monoisotopic (exact) mass is 480 g/mol. The normalized spacial score (nSPS) is 23.2. The van der Waals surface area contributed by atoms with Gasteiger partial charge in [0.1, 0.15) is 11.5 Å². The summed E-state index contributed by atoms with van der Waals surface area (Å²) >= 11 is 0.628. The van der Waals surface area contributed by atoms with Crippen LogP contribution in [0.4, 0.5) is 42.6 Å². The summed E-state index contributed by atoms with van der Waals surface area (Å²) in [4.78, 5) is 15.5. The van der Waals surface area contributed by atoms with Gasteiger partial charge in [-0.05, 0) is 19.1 Å². The number of halogens is 7. The van der Waals surface area contributed by atoms with Crippen molar-refractivity contribution in [2.24, 2.45) is 0 Å². The van der Waals surface area contributed by atoms with E-state index in [0.29, 0.717) is 11.3 Å². The largest absolute Gasteiger partial charge is 0.434 e. The average Bonchev–Trinajstić information content (AvgIpc) is 3.08. The number of allylic oxidation sites excluding steroid dienone is 4. The van der Waals surface area contributed by atoms with Crippen molar-refractivity contribution in [2.45, 2.75) is 50.0 Å². The van der Waals surface area contributed by atoms with Gasteiger partial charge in [-0.3, -0.25) is 0 Å². The lowest BCUT2D eigenvalue weighted by molar-refractivity contribution is -0.140. The molecule has 2 aliphatic rings. The second kappa shape index (κ2) is 7.67. The van der Waals surface area contributed by atoms with Gasteiger partial charge in [-0.1, -0.05) is 0 Å². The lowest BCUT2D eigenvalue weighted by Crippen LogP contribution is -2.44. The molecule has 2 aromatic heterocycles. The number of anilines is 2. The quantitative estimate of drug-likeness (QED) is 0.551. The van der Waals surface area contributed by atoms with E-state index in [2.05, 4.69) is 30.6 Å². The summed E-state index contributed by atoms with van der Waals surface area (Å²) in [6.07, 6.45) is -4.02. The van der Waals surface area contributed by atoms with Crippen LogP contribution in [0.1, 0.15) is 31.9 Å². The van der Waals surface area contributed by atoms with Crippen LogP contribution in [0, 0.1) is 0 Å². The molecule has 0 aromatic carbocycles. The molecule has 0 aliphatic heterocycles. The van der Waals surface area contributed by atoms with Gasteiger partial charge in [0.15, 0.2) is 16.5 Å². The minimum absolute atomic E-state index is 0.0726. The van der Waals surface area contributed by atoms with Crippen molar-refractivity contribution >= 4 is 23.2 Å². The van der Waals surface area contributed by atoms with E-state index in [1.165, 1.54) is 0 Å². The molecule has 1 saturated carbocycles. The fourth-order valence-corrected chi connectivity index (χ4v) is 4.00. The predicted octanol–water partition coefficient (Wildman–Crippen LogP) is 5.50. The maximum absolute atomic E-state index is 14.3. The summed E-state index contributed by atoms with van der Waals surface area (Å²) < 4.78 is 93.0. The standard InChI is InChI=1S/C18H15F7N6S/c1-16(20)3-8(19)2-9(4-16)26-14-29-12(13-28-11(7-32-13)18(23,24)25)30-15(31-14)27-10-5-17(21,22)6-10/h2-3,7,10H,4-6H2,1H3,(H2,26,27,29,30,31). The van der Waals surface area contributed by atoms with Crippen LogP contribution in [0.5, 0.6) is 0 Å². The summed E-state index contributed by atoms with van der Waals surface area (Å²) in [5, 5.41) is 5.89. The van der Waals surface area contributed by atoms with E-state index in [-0.39, 0.29) is 34.8 Å². The number of hydrogen-bond donors (Lipinski definition) is 2. The Bertz CT molecular complexity index is 1080. The van der Waals surface area contributed by atoms with E-state index in [1.54, 1.807) is 0 Å². The topological polar surface area (TPSA) is 75.6 Å². The van der Waals surface area contributed by atoms with Crippen LogP contribution in [0.25, 0.3) is 10.8 Å². The molecule has 4 rings (SSSR count). The highest BCUT2D eigenvalue weighted by molar-refractivity contribution is 7.13. The fourth-order valence-electron chi connectivity index (χ4n) is 3.24. The van der Waals surface area contributed by atoms with Crippen molar-refractivity contribution in [3.63, 3.8) is 0 Å². The van der Waals surface area contributed by atoms with Crippen LogP contribution in [0.15, 0.2) is 29.1 Å². The van der Waals surface area contributed by atoms with Gasteiger partial charge in [-0.15, -0.1) is 11.3 Å². The summed E-state index contributed by atoms with van der Waals surface area (Å²) in [6.45, 7) is 1.16. The molecule has 14 heteroatoms. The van der Waals surface area contributed by atoms with E-state index >= 15 is 0 Å². The Morgan fingerprint density at radius 1 is 1.06 bits per heavy atom. The molecule has 1 atom stereocenters. The second-order valence-electron chi connectivity index (χ2n) is 7.73. The van der Waals surface area contributed by atoms with Crippen LogP contribution in [-0.2, 0) is 6.18 Å². The zero-order valence-electron chi connectivity index (χ0n) is 16.3. The molecule has 0 bridgehead atoms. The fraction of sp³-hybridized carbons (Fsp3) is 0.444. The van der Waals surface area contributed by atoms with Gasteiger partial charge in [-0.25, -0.2) is 22.5 Å². The van der Waals surface area contributed by atoms with Gasteiger partial charge in [0.05, 0.1) is 0 Å². The first kappa shape index (κ1) is 22.4. The molecule has 1 fully saturated rings. The zero-order valence-corrected chi connectivity index (χ0v) is 17.1. The molecule has 172 valence electrons. The molecule has 0 radical (unpaired) electrons. The van der Waals surface area contributed by atoms with E-state index in [9.17, 15) is 30.7 Å². The van der Waals surface area contributed by atoms with Crippen LogP contribution < -0.4 is 10.6 Å². The molecule has 2 N–H and O–H groups in total. The van der Waals surface area contributed by atoms with E-state index in [1.807, 2.05) is 0 Å². The third kappa shape index (κ3) is 5.16. The highest BCUT2D eigenvalue weighted by atomic mass is 32.1. The minimum Gasteiger partial charge on any atom is -0.351 e. The molecule has 32 heavy (non-hydrogen) atoms. The van der Waals surface area contributed by atoms with Crippen molar-refractivity contribution in [3.05, 3.63) is 34.7 Å². The number of aromatic nitrogens is 4. The Hall–Kier alpha value is -2.77. The van der Waals surface area contributed by atoms with Crippen molar-refractivity contribution in [3.8, 4) is 10.8 Å². The molecule has 2 aromatic rings. The van der Waals surface area contributed by atoms with Crippen molar-refractivity contribution in [1.82, 2.24) is 19.9 Å². The molecule has 0 amide bonds. The Labute approximate surface area is 180 Å². The Morgan fingerprint density at radius 3 is 2.34 bits per heavy atom. The number of nitrogens with zero attached hydrogens (tertiary/aromatic N) is 4. The van der Waals surface area contributed by atoms with Crippen LogP contribution in [0.3, 0.4) is 0 Å². The lowest BCUT2D eigenvalue weighted by atomic mass is 9.88. The van der Waals surface area contributed by atoms with Gasteiger partial charge in [0, 0.05) is 36.4 Å².